The van der Waals surface area contributed by atoms with Crippen LogP contribution >= 0.6 is 47.0 Å². The molecule has 0 atom stereocenters. The van der Waals surface area contributed by atoms with Crippen LogP contribution in [0.3, 0.4) is 0 Å². The standard InChI is InChI=1S/C23H29Cl3N6S/c1-32(2)21-15-5-3-4-6-19(15)29-22(31-21)27-13-7-9-14(10-8-13)28-23(33)30-20-12-17(25)16(24)11-18(20)26/h11-14H,3-10H2,1-2H3,(H,27,29,31)(H2,28,30,33)/t13-,14+. The van der Waals surface area contributed by atoms with Crippen LogP contribution in [-0.4, -0.2) is 41.3 Å². The third-order valence-electron chi connectivity index (χ3n) is 6.24. The van der Waals surface area contributed by atoms with Gasteiger partial charge in [-0.3, -0.25) is 0 Å². The smallest absolute Gasteiger partial charge is 0.225 e. The molecule has 33 heavy (non-hydrogen) atoms. The molecule has 178 valence electrons. The van der Waals surface area contributed by atoms with Crippen molar-refractivity contribution < 1.29 is 0 Å². The van der Waals surface area contributed by atoms with Crippen molar-refractivity contribution >= 4 is 69.6 Å². The molecule has 0 aliphatic heterocycles. The van der Waals surface area contributed by atoms with Crippen LogP contribution in [-0.2, 0) is 12.8 Å². The van der Waals surface area contributed by atoms with Crippen molar-refractivity contribution in [1.29, 1.82) is 0 Å². The summed E-state index contributed by atoms with van der Waals surface area (Å²) in [7, 11) is 4.11. The fourth-order valence-corrected chi connectivity index (χ4v) is 5.41. The van der Waals surface area contributed by atoms with Gasteiger partial charge in [0.25, 0.3) is 0 Å². The van der Waals surface area contributed by atoms with Gasteiger partial charge in [-0.2, -0.15) is 4.98 Å². The first-order valence-electron chi connectivity index (χ1n) is 11.4. The van der Waals surface area contributed by atoms with E-state index in [2.05, 4.69) is 34.9 Å². The zero-order valence-electron chi connectivity index (χ0n) is 18.9. The van der Waals surface area contributed by atoms with E-state index in [-0.39, 0.29) is 0 Å². The molecule has 0 bridgehead atoms. The first-order valence-corrected chi connectivity index (χ1v) is 12.9. The second kappa shape index (κ2) is 10.8. The average molecular weight is 528 g/mol. The predicted molar refractivity (Wildman–Crippen MR) is 143 cm³/mol. The van der Waals surface area contributed by atoms with Gasteiger partial charge in [-0.05, 0) is 75.7 Å². The zero-order valence-corrected chi connectivity index (χ0v) is 21.9. The Morgan fingerprint density at radius 3 is 2.33 bits per heavy atom. The predicted octanol–water partition coefficient (Wildman–Crippen LogP) is 6.09. The molecule has 2 aliphatic rings. The van der Waals surface area contributed by atoms with E-state index in [1.807, 2.05) is 0 Å². The number of benzene rings is 1. The molecular formula is C23H29Cl3N6S. The van der Waals surface area contributed by atoms with Gasteiger partial charge in [-0.15, -0.1) is 0 Å². The number of aryl methyl sites for hydroxylation is 1. The maximum Gasteiger partial charge on any atom is 0.225 e. The van der Waals surface area contributed by atoms with E-state index in [9.17, 15) is 0 Å². The summed E-state index contributed by atoms with van der Waals surface area (Å²) in [5.74, 6) is 1.80. The molecule has 1 aromatic carbocycles. The number of fused-ring (bicyclic) bond motifs is 1. The molecule has 0 saturated heterocycles. The van der Waals surface area contributed by atoms with Crippen LogP contribution in [0.5, 0.6) is 0 Å². The molecule has 0 spiro atoms. The fourth-order valence-electron chi connectivity index (χ4n) is 4.54. The van der Waals surface area contributed by atoms with Crippen LogP contribution in [0, 0.1) is 0 Å². The van der Waals surface area contributed by atoms with Crippen molar-refractivity contribution in [1.82, 2.24) is 15.3 Å². The maximum atomic E-state index is 6.24. The van der Waals surface area contributed by atoms with E-state index in [1.54, 1.807) is 12.1 Å². The van der Waals surface area contributed by atoms with Crippen LogP contribution in [0.1, 0.15) is 49.8 Å². The summed E-state index contributed by atoms with van der Waals surface area (Å²) in [5.41, 5.74) is 3.16. The molecule has 1 aromatic heterocycles. The summed E-state index contributed by atoms with van der Waals surface area (Å²) >= 11 is 23.8. The van der Waals surface area contributed by atoms with Gasteiger partial charge < -0.3 is 20.9 Å². The molecule has 0 radical (unpaired) electrons. The number of nitrogens with zero attached hydrogens (tertiary/aromatic N) is 3. The second-order valence-corrected chi connectivity index (χ2v) is 10.6. The summed E-state index contributed by atoms with van der Waals surface area (Å²) in [6.07, 6.45) is 8.57. The molecule has 2 aromatic rings. The third-order valence-corrected chi connectivity index (χ3v) is 7.49. The summed E-state index contributed by atoms with van der Waals surface area (Å²) in [6.45, 7) is 0. The van der Waals surface area contributed by atoms with Crippen molar-refractivity contribution in [2.75, 3.05) is 29.6 Å². The first kappa shape index (κ1) is 24.6. The lowest BCUT2D eigenvalue weighted by Crippen LogP contribution is -2.42. The van der Waals surface area contributed by atoms with Gasteiger partial charge in [0.1, 0.15) is 5.82 Å². The average Bonchev–Trinajstić information content (AvgIpc) is 2.78. The molecule has 0 amide bonds. The molecule has 1 fully saturated rings. The van der Waals surface area contributed by atoms with Gasteiger partial charge in [0, 0.05) is 31.7 Å². The Labute approximate surface area is 215 Å². The lowest BCUT2D eigenvalue weighted by atomic mass is 9.91. The zero-order chi connectivity index (χ0) is 23.5. The van der Waals surface area contributed by atoms with E-state index < -0.39 is 0 Å². The van der Waals surface area contributed by atoms with Crippen LogP contribution in [0.25, 0.3) is 0 Å². The van der Waals surface area contributed by atoms with Crippen molar-refractivity contribution in [3.05, 3.63) is 38.5 Å². The highest BCUT2D eigenvalue weighted by atomic mass is 35.5. The Kier molecular flexibility index (Phi) is 8.05. The highest BCUT2D eigenvalue weighted by Gasteiger charge is 2.24. The number of hydrogen-bond donors (Lipinski definition) is 3. The van der Waals surface area contributed by atoms with Crippen molar-refractivity contribution in [2.24, 2.45) is 0 Å². The minimum absolute atomic E-state index is 0.298. The Bertz CT molecular complexity index is 1020. The van der Waals surface area contributed by atoms with Crippen LogP contribution < -0.4 is 20.9 Å². The maximum absolute atomic E-state index is 6.24. The Morgan fingerprint density at radius 2 is 1.61 bits per heavy atom. The lowest BCUT2D eigenvalue weighted by molar-refractivity contribution is 0.387. The van der Waals surface area contributed by atoms with Crippen LogP contribution in [0.4, 0.5) is 17.5 Å². The molecule has 3 N–H and O–H groups in total. The molecule has 0 unspecified atom stereocenters. The van der Waals surface area contributed by atoms with Crippen molar-refractivity contribution in [3.8, 4) is 0 Å². The SMILES string of the molecule is CN(C)c1nc(N[C@H]2CC[C@@H](NC(=S)Nc3cc(Cl)c(Cl)cc3Cl)CC2)nc2c1CCCC2. The third kappa shape index (κ3) is 6.13. The second-order valence-electron chi connectivity index (χ2n) is 8.94. The molecule has 2 aliphatic carbocycles. The Balaban J connectivity index is 1.31. The first-order chi connectivity index (χ1) is 15.8. The fraction of sp³-hybridized carbons (Fsp3) is 0.522. The summed E-state index contributed by atoms with van der Waals surface area (Å²) < 4.78 is 0. The van der Waals surface area contributed by atoms with E-state index in [0.717, 1.165) is 50.3 Å². The Hall–Kier alpha value is -1.54. The summed E-state index contributed by atoms with van der Waals surface area (Å²) in [6, 6.07) is 3.94. The molecule has 4 rings (SSSR count). The van der Waals surface area contributed by atoms with Crippen molar-refractivity contribution in [3.63, 3.8) is 0 Å². The van der Waals surface area contributed by atoms with E-state index in [1.165, 1.54) is 24.1 Å². The normalized spacial score (nSPS) is 20.0. The molecule has 6 nitrogen and oxygen atoms in total. The highest BCUT2D eigenvalue weighted by molar-refractivity contribution is 7.80. The number of halogens is 3. The molecular weight excluding hydrogens is 499 g/mol. The van der Waals surface area contributed by atoms with Gasteiger partial charge >= 0.3 is 0 Å². The topological polar surface area (TPSA) is 65.1 Å². The quantitative estimate of drug-likeness (QED) is 0.321. The summed E-state index contributed by atoms with van der Waals surface area (Å²) in [4.78, 5) is 11.8. The molecule has 1 saturated carbocycles. The minimum Gasteiger partial charge on any atom is -0.362 e. The summed E-state index contributed by atoms with van der Waals surface area (Å²) in [5, 5.41) is 12.0. The van der Waals surface area contributed by atoms with Gasteiger partial charge in [0.05, 0.1) is 26.4 Å². The largest absolute Gasteiger partial charge is 0.362 e. The van der Waals surface area contributed by atoms with Gasteiger partial charge in [-0.1, -0.05) is 34.8 Å². The number of thiocarbonyl (C=S) groups is 1. The number of rotatable bonds is 5. The molecule has 1 heterocycles. The van der Waals surface area contributed by atoms with Crippen LogP contribution in [0.2, 0.25) is 15.1 Å². The number of anilines is 3. The Morgan fingerprint density at radius 1 is 0.939 bits per heavy atom. The van der Waals surface area contributed by atoms with Gasteiger partial charge in [0.15, 0.2) is 5.11 Å². The number of hydrogen-bond acceptors (Lipinski definition) is 5. The van der Waals surface area contributed by atoms with Crippen LogP contribution in [0.15, 0.2) is 12.1 Å². The van der Waals surface area contributed by atoms with Gasteiger partial charge in [-0.25, -0.2) is 4.98 Å². The van der Waals surface area contributed by atoms with E-state index >= 15 is 0 Å². The van der Waals surface area contributed by atoms with Crippen molar-refractivity contribution in [2.45, 2.75) is 63.5 Å². The molecule has 10 heteroatoms. The number of nitrogens with one attached hydrogen (secondary N) is 3. The van der Waals surface area contributed by atoms with E-state index in [4.69, 9.17) is 57.0 Å². The highest BCUT2D eigenvalue weighted by Crippen LogP contribution is 2.32. The lowest BCUT2D eigenvalue weighted by Gasteiger charge is -2.31. The number of aromatic nitrogens is 2. The minimum atomic E-state index is 0.298. The van der Waals surface area contributed by atoms with Gasteiger partial charge in [0.2, 0.25) is 5.95 Å². The van der Waals surface area contributed by atoms with E-state index in [0.29, 0.717) is 38.0 Å². The monoisotopic (exact) mass is 526 g/mol.